The van der Waals surface area contributed by atoms with Crippen LogP contribution in [0, 0.1) is 0 Å². The monoisotopic (exact) mass is 378 g/mol. The number of benzene rings is 1. The second-order valence-electron chi connectivity index (χ2n) is 7.76. The number of rotatable bonds is 3. The van der Waals surface area contributed by atoms with Gasteiger partial charge in [-0.1, -0.05) is 0 Å². The lowest BCUT2D eigenvalue weighted by molar-refractivity contribution is -0.0716. The number of fused-ring (bicyclic) bond motifs is 2. The highest BCUT2D eigenvalue weighted by Gasteiger charge is 2.44. The molecule has 2 aromatic heterocycles. The van der Waals surface area contributed by atoms with E-state index in [0.29, 0.717) is 17.0 Å². The molecule has 144 valence electrons. The number of nitrogens with one attached hydrogen (secondary N) is 1. The Labute approximate surface area is 162 Å². The van der Waals surface area contributed by atoms with Crippen molar-refractivity contribution in [2.24, 2.45) is 0 Å². The molecule has 1 aliphatic heterocycles. The fourth-order valence-corrected chi connectivity index (χ4v) is 3.93. The summed E-state index contributed by atoms with van der Waals surface area (Å²) in [6, 6.07) is 7.53. The zero-order valence-electron chi connectivity index (χ0n) is 15.9. The van der Waals surface area contributed by atoms with Gasteiger partial charge in [-0.3, -0.25) is 4.79 Å². The van der Waals surface area contributed by atoms with E-state index >= 15 is 0 Å². The molecule has 0 saturated heterocycles. The molecule has 1 saturated carbocycles. The smallest absolute Gasteiger partial charge is 0.257 e. The molecule has 0 radical (unpaired) electrons. The van der Waals surface area contributed by atoms with Gasteiger partial charge in [0, 0.05) is 42.2 Å². The molecule has 5 rings (SSSR count). The van der Waals surface area contributed by atoms with E-state index in [1.54, 1.807) is 12.4 Å². The molecule has 3 aromatic rings. The molecule has 0 unspecified atom stereocenters. The zero-order chi connectivity index (χ0) is 19.3. The first-order valence-electron chi connectivity index (χ1n) is 9.70. The van der Waals surface area contributed by atoms with E-state index in [0.717, 1.165) is 42.5 Å². The molecule has 0 bridgehead atoms. The van der Waals surface area contributed by atoms with Gasteiger partial charge in [0.1, 0.15) is 0 Å². The Morgan fingerprint density at radius 3 is 2.71 bits per heavy atom. The van der Waals surface area contributed by atoms with Crippen LogP contribution in [0.2, 0.25) is 0 Å². The van der Waals surface area contributed by atoms with Crippen LogP contribution in [0.15, 0.2) is 36.7 Å². The minimum atomic E-state index is -0.503. The van der Waals surface area contributed by atoms with Crippen LogP contribution in [-0.4, -0.2) is 26.5 Å². The number of hydrogen-bond donors (Lipinski definition) is 1. The van der Waals surface area contributed by atoms with Crippen LogP contribution in [0.25, 0.3) is 11.0 Å². The van der Waals surface area contributed by atoms with Crippen LogP contribution in [0.1, 0.15) is 55.9 Å². The molecule has 1 N–H and O–H groups in total. The van der Waals surface area contributed by atoms with Crippen molar-refractivity contribution in [1.82, 2.24) is 14.8 Å². The molecule has 1 fully saturated rings. The van der Waals surface area contributed by atoms with Gasteiger partial charge in [0.05, 0.1) is 11.8 Å². The van der Waals surface area contributed by atoms with E-state index in [1.807, 2.05) is 42.8 Å². The summed E-state index contributed by atoms with van der Waals surface area (Å²) in [5, 5.41) is 8.11. The van der Waals surface area contributed by atoms with E-state index in [-0.39, 0.29) is 11.9 Å². The van der Waals surface area contributed by atoms with E-state index in [1.165, 1.54) is 0 Å². The van der Waals surface area contributed by atoms with Gasteiger partial charge in [-0.2, -0.15) is 5.10 Å². The van der Waals surface area contributed by atoms with Crippen molar-refractivity contribution in [3.8, 4) is 11.5 Å². The first-order chi connectivity index (χ1) is 13.5. The van der Waals surface area contributed by atoms with Crippen molar-refractivity contribution in [3.05, 3.63) is 42.2 Å². The van der Waals surface area contributed by atoms with E-state index in [9.17, 15) is 4.79 Å². The average molecular weight is 378 g/mol. The summed E-state index contributed by atoms with van der Waals surface area (Å²) in [5.74, 6) is 0.702. The predicted molar refractivity (Wildman–Crippen MR) is 105 cm³/mol. The lowest BCUT2D eigenvalue weighted by Gasteiger charge is -2.21. The molecule has 1 aromatic carbocycles. The van der Waals surface area contributed by atoms with Crippen molar-refractivity contribution >= 4 is 22.6 Å². The van der Waals surface area contributed by atoms with Gasteiger partial charge in [0.15, 0.2) is 17.1 Å². The second-order valence-corrected chi connectivity index (χ2v) is 7.76. The highest BCUT2D eigenvalue weighted by molar-refractivity contribution is 6.05. The Morgan fingerprint density at radius 2 is 1.93 bits per heavy atom. The Kier molecular flexibility index (Phi) is 3.79. The maximum atomic E-state index is 12.7. The van der Waals surface area contributed by atoms with Crippen molar-refractivity contribution in [2.45, 2.75) is 51.4 Å². The van der Waals surface area contributed by atoms with Crippen LogP contribution in [0.5, 0.6) is 11.5 Å². The molecule has 7 heteroatoms. The summed E-state index contributed by atoms with van der Waals surface area (Å²) in [5.41, 5.74) is 1.93. The van der Waals surface area contributed by atoms with E-state index < -0.39 is 5.79 Å². The molecule has 1 amide bonds. The summed E-state index contributed by atoms with van der Waals surface area (Å²) in [4.78, 5) is 17.1. The Bertz CT molecular complexity index is 1070. The molecule has 2 aliphatic rings. The summed E-state index contributed by atoms with van der Waals surface area (Å²) in [7, 11) is 0. The molecule has 0 atom stereocenters. The van der Waals surface area contributed by atoms with Crippen LogP contribution in [0.4, 0.5) is 5.69 Å². The van der Waals surface area contributed by atoms with Crippen LogP contribution in [0.3, 0.4) is 0 Å². The van der Waals surface area contributed by atoms with Crippen molar-refractivity contribution in [3.63, 3.8) is 0 Å². The standard InChI is InChI=1S/C21H22N4O3/c1-13(2)25-19-14(12-23-25)9-15(11-22-19)20(26)24-16-5-6-17-18(10-16)28-21(27-17)7-3-4-8-21/h5-6,9-13H,3-4,7-8H2,1-2H3,(H,24,26). The summed E-state index contributed by atoms with van der Waals surface area (Å²) in [6.07, 6.45) is 7.35. The first-order valence-corrected chi connectivity index (χ1v) is 9.70. The largest absolute Gasteiger partial charge is 0.448 e. The normalized spacial score (nSPS) is 17.0. The summed E-state index contributed by atoms with van der Waals surface area (Å²) < 4.78 is 13.9. The van der Waals surface area contributed by atoms with Crippen LogP contribution < -0.4 is 14.8 Å². The topological polar surface area (TPSA) is 78.3 Å². The number of aromatic nitrogens is 3. The third-order valence-corrected chi connectivity index (χ3v) is 5.34. The number of hydrogen-bond acceptors (Lipinski definition) is 5. The van der Waals surface area contributed by atoms with E-state index in [2.05, 4.69) is 15.4 Å². The van der Waals surface area contributed by atoms with Gasteiger partial charge >= 0.3 is 0 Å². The molecule has 1 spiro atoms. The van der Waals surface area contributed by atoms with Crippen molar-refractivity contribution in [2.75, 3.05) is 5.32 Å². The minimum absolute atomic E-state index is 0.210. The number of carbonyl (C=O) groups is 1. The third kappa shape index (κ3) is 2.78. The Hall–Kier alpha value is -3.09. The number of carbonyl (C=O) groups excluding carboxylic acids is 1. The van der Waals surface area contributed by atoms with Gasteiger partial charge in [0.25, 0.3) is 11.7 Å². The molecule has 3 heterocycles. The van der Waals surface area contributed by atoms with Gasteiger partial charge in [-0.05, 0) is 44.9 Å². The minimum Gasteiger partial charge on any atom is -0.448 e. The fraction of sp³-hybridized carbons (Fsp3) is 0.381. The first kappa shape index (κ1) is 17.0. The van der Waals surface area contributed by atoms with Gasteiger partial charge < -0.3 is 14.8 Å². The lowest BCUT2D eigenvalue weighted by atomic mass is 10.2. The lowest BCUT2D eigenvalue weighted by Crippen LogP contribution is -2.34. The number of nitrogens with zero attached hydrogens (tertiary/aromatic N) is 3. The molecular formula is C21H22N4O3. The highest BCUT2D eigenvalue weighted by atomic mass is 16.7. The Morgan fingerprint density at radius 1 is 1.14 bits per heavy atom. The number of anilines is 1. The number of amides is 1. The Balaban J connectivity index is 1.36. The third-order valence-electron chi connectivity index (χ3n) is 5.34. The fourth-order valence-electron chi connectivity index (χ4n) is 3.93. The molecular weight excluding hydrogens is 356 g/mol. The van der Waals surface area contributed by atoms with Crippen molar-refractivity contribution in [1.29, 1.82) is 0 Å². The van der Waals surface area contributed by atoms with Crippen molar-refractivity contribution < 1.29 is 14.3 Å². The molecule has 28 heavy (non-hydrogen) atoms. The molecule has 1 aliphatic carbocycles. The quantitative estimate of drug-likeness (QED) is 0.735. The average Bonchev–Trinajstić information content (AvgIpc) is 3.39. The summed E-state index contributed by atoms with van der Waals surface area (Å²) >= 11 is 0. The number of ether oxygens (including phenoxy) is 2. The zero-order valence-corrected chi connectivity index (χ0v) is 15.9. The molecule has 7 nitrogen and oxygen atoms in total. The number of pyridine rings is 1. The second kappa shape index (κ2) is 6.22. The van der Waals surface area contributed by atoms with Crippen LogP contribution in [-0.2, 0) is 0 Å². The highest BCUT2D eigenvalue weighted by Crippen LogP contribution is 2.47. The van der Waals surface area contributed by atoms with E-state index in [4.69, 9.17) is 9.47 Å². The maximum absolute atomic E-state index is 12.7. The SMILES string of the molecule is CC(C)n1ncc2cc(C(=O)Nc3ccc4c(c3)OC3(CCCC3)O4)cnc21. The van der Waals surface area contributed by atoms with Gasteiger partial charge in [0.2, 0.25) is 0 Å². The van der Waals surface area contributed by atoms with Crippen LogP contribution >= 0.6 is 0 Å². The van der Waals surface area contributed by atoms with Gasteiger partial charge in [-0.15, -0.1) is 0 Å². The maximum Gasteiger partial charge on any atom is 0.257 e. The summed E-state index contributed by atoms with van der Waals surface area (Å²) in [6.45, 7) is 4.09. The van der Waals surface area contributed by atoms with Gasteiger partial charge in [-0.25, -0.2) is 9.67 Å². The predicted octanol–water partition coefficient (Wildman–Crippen LogP) is 4.31.